The normalized spacial score (nSPS) is 23.5. The lowest BCUT2D eigenvalue weighted by atomic mass is 9.71. The van der Waals surface area contributed by atoms with E-state index in [2.05, 4.69) is 28.7 Å². The van der Waals surface area contributed by atoms with E-state index < -0.39 is 0 Å². The lowest BCUT2D eigenvalue weighted by Gasteiger charge is -2.42. The second-order valence-electron chi connectivity index (χ2n) is 7.97. The van der Waals surface area contributed by atoms with Gasteiger partial charge < -0.3 is 14.5 Å². The zero-order valence-corrected chi connectivity index (χ0v) is 15.6. The molecule has 3 rings (SSSR count). The van der Waals surface area contributed by atoms with Crippen LogP contribution in [0.1, 0.15) is 37.3 Å². The molecule has 0 N–H and O–H groups in total. The van der Waals surface area contributed by atoms with Gasteiger partial charge in [-0.1, -0.05) is 13.8 Å². The van der Waals surface area contributed by atoms with Crippen molar-refractivity contribution in [2.75, 3.05) is 46.4 Å². The first kappa shape index (κ1) is 18.3. The maximum absolute atomic E-state index is 12.6. The largest absolute Gasteiger partial charge is 0.384 e. The lowest BCUT2D eigenvalue weighted by Crippen LogP contribution is -2.47. The van der Waals surface area contributed by atoms with Crippen molar-refractivity contribution in [3.05, 3.63) is 24.3 Å². The molecule has 138 valence electrons. The second kappa shape index (κ2) is 7.79. The number of carbonyl (C=O) groups is 1. The number of nitrogens with zero attached hydrogens (tertiary/aromatic N) is 4. The van der Waals surface area contributed by atoms with Crippen molar-refractivity contribution < 1.29 is 9.53 Å². The number of amides is 1. The average molecular weight is 346 g/mol. The minimum Gasteiger partial charge on any atom is -0.384 e. The SMILES string of the molecule is COC[C@@H]1CN(CC(C)C)CC12CCN(C(=O)c1ncccn1)CC2. The number of aromatic nitrogens is 2. The Morgan fingerprint density at radius 3 is 2.60 bits per heavy atom. The van der Waals surface area contributed by atoms with E-state index in [0.29, 0.717) is 17.7 Å². The van der Waals surface area contributed by atoms with E-state index >= 15 is 0 Å². The van der Waals surface area contributed by atoms with Crippen molar-refractivity contribution in [3.8, 4) is 0 Å². The molecule has 0 bridgehead atoms. The average Bonchev–Trinajstić information content (AvgIpc) is 2.92. The van der Waals surface area contributed by atoms with Gasteiger partial charge >= 0.3 is 0 Å². The third kappa shape index (κ3) is 4.01. The first-order chi connectivity index (χ1) is 12.0. The first-order valence-corrected chi connectivity index (χ1v) is 9.31. The molecule has 6 nitrogen and oxygen atoms in total. The van der Waals surface area contributed by atoms with Crippen LogP contribution in [0.5, 0.6) is 0 Å². The Labute approximate surface area is 150 Å². The number of carbonyl (C=O) groups excluding carboxylic acids is 1. The topological polar surface area (TPSA) is 58.6 Å². The number of methoxy groups -OCH3 is 1. The summed E-state index contributed by atoms with van der Waals surface area (Å²) >= 11 is 0. The fourth-order valence-corrected chi connectivity index (χ4v) is 4.50. The number of rotatable bonds is 5. The first-order valence-electron chi connectivity index (χ1n) is 9.31. The van der Waals surface area contributed by atoms with Gasteiger partial charge in [0.25, 0.3) is 5.91 Å². The van der Waals surface area contributed by atoms with Crippen LogP contribution in [0, 0.1) is 17.3 Å². The molecular formula is C19H30N4O2. The van der Waals surface area contributed by atoms with Crippen LogP contribution in [0.2, 0.25) is 0 Å². The van der Waals surface area contributed by atoms with Crippen LogP contribution in [0.25, 0.3) is 0 Å². The quantitative estimate of drug-likeness (QED) is 0.815. The molecule has 25 heavy (non-hydrogen) atoms. The standard InChI is InChI=1S/C19H30N4O2/c1-15(2)11-22-12-16(13-25-3)19(14-22)5-9-23(10-6-19)18(24)17-20-7-4-8-21-17/h4,7-8,15-16H,5-6,9-14H2,1-3H3/t16-/m0/s1. The molecule has 2 saturated heterocycles. The van der Waals surface area contributed by atoms with Crippen LogP contribution in [-0.4, -0.2) is 72.1 Å². The molecule has 0 saturated carbocycles. The molecule has 0 aromatic carbocycles. The molecular weight excluding hydrogens is 316 g/mol. The highest BCUT2D eigenvalue weighted by Crippen LogP contribution is 2.45. The van der Waals surface area contributed by atoms with E-state index in [1.807, 2.05) is 4.90 Å². The summed E-state index contributed by atoms with van der Waals surface area (Å²) < 4.78 is 5.52. The van der Waals surface area contributed by atoms with Gasteiger partial charge in [0.2, 0.25) is 5.82 Å². The van der Waals surface area contributed by atoms with Crippen LogP contribution >= 0.6 is 0 Å². The molecule has 1 amide bonds. The summed E-state index contributed by atoms with van der Waals surface area (Å²) in [7, 11) is 1.80. The van der Waals surface area contributed by atoms with Crippen molar-refractivity contribution >= 4 is 5.91 Å². The Morgan fingerprint density at radius 1 is 1.32 bits per heavy atom. The molecule has 1 aromatic heterocycles. The van der Waals surface area contributed by atoms with Crippen LogP contribution in [-0.2, 0) is 4.74 Å². The predicted molar refractivity (Wildman–Crippen MR) is 96.2 cm³/mol. The van der Waals surface area contributed by atoms with Crippen LogP contribution in [0.3, 0.4) is 0 Å². The zero-order chi connectivity index (χ0) is 17.9. The van der Waals surface area contributed by atoms with Crippen LogP contribution in [0.15, 0.2) is 18.5 Å². The lowest BCUT2D eigenvalue weighted by molar-refractivity contribution is 0.0316. The smallest absolute Gasteiger partial charge is 0.291 e. The second-order valence-corrected chi connectivity index (χ2v) is 7.97. The zero-order valence-electron chi connectivity index (χ0n) is 15.6. The van der Waals surface area contributed by atoms with E-state index in [0.717, 1.165) is 52.2 Å². The molecule has 1 aromatic rings. The highest BCUT2D eigenvalue weighted by molar-refractivity contribution is 5.90. The summed E-state index contributed by atoms with van der Waals surface area (Å²) in [6.07, 6.45) is 5.32. The van der Waals surface area contributed by atoms with Crippen molar-refractivity contribution in [2.45, 2.75) is 26.7 Å². The molecule has 0 radical (unpaired) electrons. The van der Waals surface area contributed by atoms with E-state index in [1.165, 1.54) is 0 Å². The highest BCUT2D eigenvalue weighted by Gasteiger charge is 2.48. The van der Waals surface area contributed by atoms with E-state index in [1.54, 1.807) is 25.6 Å². The maximum atomic E-state index is 12.6. The summed E-state index contributed by atoms with van der Waals surface area (Å²) in [5.41, 5.74) is 0.277. The minimum absolute atomic E-state index is 0.0456. The summed E-state index contributed by atoms with van der Waals surface area (Å²) in [6, 6.07) is 1.74. The summed E-state index contributed by atoms with van der Waals surface area (Å²) in [6.45, 7) is 10.3. The van der Waals surface area contributed by atoms with Gasteiger partial charge in [-0.2, -0.15) is 0 Å². The predicted octanol–water partition coefficient (Wildman–Crippen LogP) is 1.93. The molecule has 6 heteroatoms. The van der Waals surface area contributed by atoms with Gasteiger partial charge in [0, 0.05) is 58.1 Å². The van der Waals surface area contributed by atoms with Gasteiger partial charge in [-0.15, -0.1) is 0 Å². The third-order valence-electron chi connectivity index (χ3n) is 5.68. The Balaban J connectivity index is 1.65. The number of hydrogen-bond donors (Lipinski definition) is 0. The Hall–Kier alpha value is -1.53. The molecule has 0 unspecified atom stereocenters. The van der Waals surface area contributed by atoms with Gasteiger partial charge in [-0.25, -0.2) is 9.97 Å². The number of piperidine rings is 1. The fourth-order valence-electron chi connectivity index (χ4n) is 4.50. The van der Waals surface area contributed by atoms with Crippen molar-refractivity contribution in [1.82, 2.24) is 19.8 Å². The van der Waals surface area contributed by atoms with Crippen molar-refractivity contribution in [1.29, 1.82) is 0 Å². The number of likely N-dealkylation sites (tertiary alicyclic amines) is 2. The maximum Gasteiger partial charge on any atom is 0.291 e. The molecule has 1 atom stereocenters. The van der Waals surface area contributed by atoms with Gasteiger partial charge in [0.15, 0.2) is 0 Å². The Kier molecular flexibility index (Phi) is 5.69. The molecule has 2 aliphatic rings. The molecule has 2 fully saturated rings. The summed E-state index contributed by atoms with van der Waals surface area (Å²) in [4.78, 5) is 25.3. The van der Waals surface area contributed by atoms with Gasteiger partial charge in [-0.05, 0) is 30.2 Å². The number of hydrogen-bond acceptors (Lipinski definition) is 5. The van der Waals surface area contributed by atoms with Crippen LogP contribution < -0.4 is 0 Å². The monoisotopic (exact) mass is 346 g/mol. The molecule has 3 heterocycles. The molecule has 2 aliphatic heterocycles. The van der Waals surface area contributed by atoms with Gasteiger partial charge in [-0.3, -0.25) is 4.79 Å². The van der Waals surface area contributed by atoms with Crippen LogP contribution in [0.4, 0.5) is 0 Å². The molecule has 1 spiro atoms. The summed E-state index contributed by atoms with van der Waals surface area (Å²) in [5, 5.41) is 0. The van der Waals surface area contributed by atoms with Crippen molar-refractivity contribution in [3.63, 3.8) is 0 Å². The number of ether oxygens (including phenoxy) is 1. The Bertz CT molecular complexity index is 570. The highest BCUT2D eigenvalue weighted by atomic mass is 16.5. The van der Waals surface area contributed by atoms with E-state index in [9.17, 15) is 4.79 Å². The minimum atomic E-state index is -0.0456. The fraction of sp³-hybridized carbons (Fsp3) is 0.737. The Morgan fingerprint density at radius 2 is 2.00 bits per heavy atom. The van der Waals surface area contributed by atoms with E-state index in [4.69, 9.17) is 4.74 Å². The molecule has 0 aliphatic carbocycles. The summed E-state index contributed by atoms with van der Waals surface area (Å²) in [5.74, 6) is 1.49. The van der Waals surface area contributed by atoms with Gasteiger partial charge in [0.1, 0.15) is 0 Å². The third-order valence-corrected chi connectivity index (χ3v) is 5.68. The van der Waals surface area contributed by atoms with E-state index in [-0.39, 0.29) is 11.3 Å². The van der Waals surface area contributed by atoms with Gasteiger partial charge in [0.05, 0.1) is 6.61 Å². The van der Waals surface area contributed by atoms with Crippen molar-refractivity contribution in [2.24, 2.45) is 17.3 Å².